The summed E-state index contributed by atoms with van der Waals surface area (Å²) in [6.45, 7) is 0.352. The molecule has 1 amide bonds. The van der Waals surface area contributed by atoms with Crippen molar-refractivity contribution < 1.29 is 4.79 Å². The minimum Gasteiger partial charge on any atom is -0.348 e. The summed E-state index contributed by atoms with van der Waals surface area (Å²) in [5, 5.41) is 13.6. The molecule has 0 unspecified atom stereocenters. The fraction of sp³-hybridized carbons (Fsp3) is 0.444. The van der Waals surface area contributed by atoms with Gasteiger partial charge in [-0.3, -0.25) is 9.36 Å². The van der Waals surface area contributed by atoms with Gasteiger partial charge in [-0.05, 0) is 74.0 Å². The van der Waals surface area contributed by atoms with Crippen molar-refractivity contribution in [1.82, 2.24) is 20.1 Å². The molecular weight excluding hydrogens is 464 g/mol. The first-order chi connectivity index (χ1) is 16.6. The highest BCUT2D eigenvalue weighted by molar-refractivity contribution is 7.98. The second-order valence-corrected chi connectivity index (χ2v) is 11.7. The molecule has 5 nitrogen and oxygen atoms in total. The number of nitrogens with one attached hydrogen (secondary N) is 1. The summed E-state index contributed by atoms with van der Waals surface area (Å²) in [5.74, 6) is 3.92. The van der Waals surface area contributed by atoms with Crippen molar-refractivity contribution in [3.63, 3.8) is 0 Å². The van der Waals surface area contributed by atoms with E-state index in [2.05, 4.69) is 27.6 Å². The average Bonchev–Trinajstić information content (AvgIpc) is 3.24. The minimum atomic E-state index is -0.172. The lowest BCUT2D eigenvalue weighted by molar-refractivity contribution is -0.146. The van der Waals surface area contributed by atoms with Crippen LogP contribution in [0.25, 0.3) is 5.69 Å². The maximum absolute atomic E-state index is 13.5. The molecule has 4 fully saturated rings. The predicted molar refractivity (Wildman–Crippen MR) is 135 cm³/mol. The van der Waals surface area contributed by atoms with Crippen LogP contribution in [-0.2, 0) is 17.1 Å². The molecule has 1 aromatic heterocycles. The highest BCUT2D eigenvalue weighted by Crippen LogP contribution is 2.60. The summed E-state index contributed by atoms with van der Waals surface area (Å²) in [5.41, 5.74) is 1.89. The molecular formula is C27H29ClN4OS. The van der Waals surface area contributed by atoms with Crippen LogP contribution in [0.4, 0.5) is 0 Å². The van der Waals surface area contributed by atoms with Gasteiger partial charge in [-0.1, -0.05) is 65.8 Å². The van der Waals surface area contributed by atoms with Gasteiger partial charge in [0.15, 0.2) is 11.0 Å². The van der Waals surface area contributed by atoms with Crippen LogP contribution in [0, 0.1) is 23.2 Å². The Morgan fingerprint density at radius 2 is 1.62 bits per heavy atom. The Morgan fingerprint density at radius 3 is 2.29 bits per heavy atom. The standard InChI is InChI=1S/C27H29ClN4OS/c28-22-8-4-5-9-23(22)32-24(30-31-26(32)34-17-18-6-2-1-3-7-18)16-29-25(33)27-13-19-10-20(14-27)12-21(11-19)15-27/h1-9,19-21H,10-17H2,(H,29,33). The molecule has 34 heavy (non-hydrogen) atoms. The van der Waals surface area contributed by atoms with Crippen molar-refractivity contribution in [3.05, 3.63) is 71.0 Å². The molecule has 0 atom stereocenters. The topological polar surface area (TPSA) is 59.8 Å². The number of halogens is 1. The van der Waals surface area contributed by atoms with E-state index < -0.39 is 0 Å². The van der Waals surface area contributed by atoms with Gasteiger partial charge in [-0.25, -0.2) is 0 Å². The summed E-state index contributed by atoms with van der Waals surface area (Å²) in [6, 6.07) is 18.0. The van der Waals surface area contributed by atoms with Crippen molar-refractivity contribution in [1.29, 1.82) is 0 Å². The molecule has 0 saturated heterocycles. The zero-order valence-electron chi connectivity index (χ0n) is 19.1. The molecule has 7 rings (SSSR count). The molecule has 2 aromatic carbocycles. The minimum absolute atomic E-state index is 0.172. The molecule has 0 radical (unpaired) electrons. The quantitative estimate of drug-likeness (QED) is 0.408. The summed E-state index contributed by atoms with van der Waals surface area (Å²) in [6.07, 6.45) is 7.15. The van der Waals surface area contributed by atoms with E-state index in [-0.39, 0.29) is 11.3 Å². The van der Waals surface area contributed by atoms with E-state index in [9.17, 15) is 4.79 Å². The zero-order chi connectivity index (χ0) is 23.1. The van der Waals surface area contributed by atoms with Crippen LogP contribution in [0.2, 0.25) is 5.02 Å². The van der Waals surface area contributed by atoms with Gasteiger partial charge in [0.05, 0.1) is 17.3 Å². The molecule has 1 N–H and O–H groups in total. The number of carbonyl (C=O) groups is 1. The average molecular weight is 493 g/mol. The zero-order valence-corrected chi connectivity index (χ0v) is 20.7. The molecule has 1 heterocycles. The van der Waals surface area contributed by atoms with Crippen LogP contribution < -0.4 is 5.32 Å². The Hall–Kier alpha value is -2.31. The van der Waals surface area contributed by atoms with E-state index >= 15 is 0 Å². The van der Waals surface area contributed by atoms with Gasteiger partial charge in [0.1, 0.15) is 0 Å². The van der Waals surface area contributed by atoms with E-state index in [4.69, 9.17) is 11.6 Å². The Kier molecular flexibility index (Phi) is 5.90. The SMILES string of the molecule is O=C(NCc1nnc(SCc2ccccc2)n1-c1ccccc1Cl)C12CC3CC(CC(C3)C1)C2. The normalized spacial score (nSPS) is 27.1. The summed E-state index contributed by atoms with van der Waals surface area (Å²) >= 11 is 8.20. The van der Waals surface area contributed by atoms with Gasteiger partial charge in [0, 0.05) is 11.2 Å². The van der Waals surface area contributed by atoms with Gasteiger partial charge in [0.2, 0.25) is 5.91 Å². The Labute approximate surface area is 209 Å². The number of benzene rings is 2. The fourth-order valence-electron chi connectivity index (χ4n) is 6.84. The van der Waals surface area contributed by atoms with E-state index in [1.807, 2.05) is 47.0 Å². The van der Waals surface area contributed by atoms with Crippen molar-refractivity contribution in [3.8, 4) is 5.69 Å². The number of nitrogens with zero attached hydrogens (tertiary/aromatic N) is 3. The Balaban J connectivity index is 1.23. The lowest BCUT2D eigenvalue weighted by Crippen LogP contribution is -2.53. The smallest absolute Gasteiger partial charge is 0.226 e. The van der Waals surface area contributed by atoms with Crippen LogP contribution in [0.15, 0.2) is 59.8 Å². The van der Waals surface area contributed by atoms with Crippen molar-refractivity contribution in [2.24, 2.45) is 23.2 Å². The van der Waals surface area contributed by atoms with Crippen LogP contribution in [0.5, 0.6) is 0 Å². The van der Waals surface area contributed by atoms with E-state index in [0.29, 0.717) is 17.4 Å². The number of aromatic nitrogens is 3. The van der Waals surface area contributed by atoms with Crippen molar-refractivity contribution in [2.75, 3.05) is 0 Å². The van der Waals surface area contributed by atoms with Crippen LogP contribution in [0.3, 0.4) is 0 Å². The van der Waals surface area contributed by atoms with E-state index in [1.165, 1.54) is 24.8 Å². The maximum Gasteiger partial charge on any atom is 0.226 e. The van der Waals surface area contributed by atoms with Crippen LogP contribution in [-0.4, -0.2) is 20.7 Å². The third-order valence-electron chi connectivity index (χ3n) is 7.93. The monoisotopic (exact) mass is 492 g/mol. The first-order valence-corrected chi connectivity index (χ1v) is 13.6. The predicted octanol–water partition coefficient (Wildman–Crippen LogP) is 6.05. The Bertz CT molecular complexity index is 1160. The molecule has 0 spiro atoms. The highest BCUT2D eigenvalue weighted by atomic mass is 35.5. The molecule has 4 bridgehead atoms. The lowest BCUT2D eigenvalue weighted by Gasteiger charge is -2.55. The largest absolute Gasteiger partial charge is 0.348 e. The van der Waals surface area contributed by atoms with Crippen LogP contribution >= 0.6 is 23.4 Å². The van der Waals surface area contributed by atoms with E-state index in [0.717, 1.165) is 53.6 Å². The number of amides is 1. The molecule has 4 aliphatic carbocycles. The summed E-state index contributed by atoms with van der Waals surface area (Å²) < 4.78 is 2.00. The van der Waals surface area contributed by atoms with Crippen molar-refractivity contribution >= 4 is 29.3 Å². The first-order valence-electron chi connectivity index (χ1n) is 12.2. The molecule has 4 aliphatic rings. The van der Waals surface area contributed by atoms with Gasteiger partial charge < -0.3 is 5.32 Å². The molecule has 4 saturated carbocycles. The third-order valence-corrected chi connectivity index (χ3v) is 9.25. The fourth-order valence-corrected chi connectivity index (χ4v) is 7.98. The second-order valence-electron chi connectivity index (χ2n) is 10.3. The van der Waals surface area contributed by atoms with Crippen LogP contribution in [0.1, 0.15) is 49.9 Å². The van der Waals surface area contributed by atoms with Gasteiger partial charge in [-0.2, -0.15) is 0 Å². The number of carbonyl (C=O) groups excluding carboxylic acids is 1. The molecule has 3 aromatic rings. The third kappa shape index (κ3) is 4.16. The summed E-state index contributed by atoms with van der Waals surface area (Å²) in [4.78, 5) is 13.5. The number of thioether (sulfide) groups is 1. The van der Waals surface area contributed by atoms with Crippen molar-refractivity contribution in [2.45, 2.75) is 56.0 Å². The molecule has 0 aliphatic heterocycles. The number of para-hydroxylation sites is 1. The van der Waals surface area contributed by atoms with Gasteiger partial charge in [0.25, 0.3) is 0 Å². The van der Waals surface area contributed by atoms with Gasteiger partial charge in [-0.15, -0.1) is 10.2 Å². The summed E-state index contributed by atoms with van der Waals surface area (Å²) in [7, 11) is 0. The Morgan fingerprint density at radius 1 is 0.971 bits per heavy atom. The highest BCUT2D eigenvalue weighted by Gasteiger charge is 2.54. The number of rotatable bonds is 7. The maximum atomic E-state index is 13.5. The number of hydrogen-bond donors (Lipinski definition) is 1. The van der Waals surface area contributed by atoms with Gasteiger partial charge >= 0.3 is 0 Å². The molecule has 7 heteroatoms. The second kappa shape index (κ2) is 9.04. The first kappa shape index (κ1) is 22.2. The number of hydrogen-bond acceptors (Lipinski definition) is 4. The molecule has 176 valence electrons. The lowest BCUT2D eigenvalue weighted by atomic mass is 9.49. The van der Waals surface area contributed by atoms with E-state index in [1.54, 1.807) is 11.8 Å².